The van der Waals surface area contributed by atoms with Crippen LogP contribution in [-0.2, 0) is 23.9 Å². The van der Waals surface area contributed by atoms with E-state index in [1.165, 1.54) is 0 Å². The molecule has 1 rings (SSSR count). The van der Waals surface area contributed by atoms with Crippen molar-refractivity contribution in [3.63, 3.8) is 0 Å². The van der Waals surface area contributed by atoms with Crippen molar-refractivity contribution in [1.82, 2.24) is 10.2 Å². The molecule has 7 nitrogen and oxygen atoms in total. The molecule has 1 heterocycles. The van der Waals surface area contributed by atoms with Crippen LogP contribution in [0.4, 0.5) is 0 Å². The minimum atomic E-state index is -0.287. The lowest BCUT2D eigenvalue weighted by molar-refractivity contribution is -0.139. The predicted octanol–water partition coefficient (Wildman–Crippen LogP) is 1.30. The zero-order chi connectivity index (χ0) is 19.0. The lowest BCUT2D eigenvalue weighted by Gasteiger charge is -2.16. The van der Waals surface area contributed by atoms with Gasteiger partial charge in [0.2, 0.25) is 17.7 Å². The van der Waals surface area contributed by atoms with Crippen molar-refractivity contribution in [2.75, 3.05) is 26.3 Å². The standard InChI is InChI=1S/C18H30N2O5/c1-13-11-16(23)20(17(13)24)8-5-15(22)19-7-10-25-9-6-14(21)12-18(2,3)4/h13H,5-12H2,1-4H3,(H,19,22). The van der Waals surface area contributed by atoms with E-state index in [1.807, 2.05) is 20.8 Å². The summed E-state index contributed by atoms with van der Waals surface area (Å²) < 4.78 is 5.34. The zero-order valence-electron chi connectivity index (χ0n) is 15.7. The van der Waals surface area contributed by atoms with Crippen LogP contribution >= 0.6 is 0 Å². The second-order valence-corrected chi connectivity index (χ2v) is 7.73. The molecular weight excluding hydrogens is 324 g/mol. The molecule has 1 aliphatic rings. The number of nitrogens with one attached hydrogen (secondary N) is 1. The highest BCUT2D eigenvalue weighted by Gasteiger charge is 2.35. The van der Waals surface area contributed by atoms with Crippen molar-refractivity contribution in [3.05, 3.63) is 0 Å². The van der Waals surface area contributed by atoms with Crippen LogP contribution < -0.4 is 5.32 Å². The molecule has 1 fully saturated rings. The number of ether oxygens (including phenoxy) is 1. The third kappa shape index (κ3) is 8.25. The van der Waals surface area contributed by atoms with E-state index < -0.39 is 0 Å². The predicted molar refractivity (Wildman–Crippen MR) is 92.6 cm³/mol. The van der Waals surface area contributed by atoms with Crippen molar-refractivity contribution >= 4 is 23.5 Å². The van der Waals surface area contributed by atoms with Gasteiger partial charge in [-0.1, -0.05) is 27.7 Å². The van der Waals surface area contributed by atoms with Gasteiger partial charge in [-0.2, -0.15) is 0 Å². The van der Waals surface area contributed by atoms with Crippen LogP contribution in [0.5, 0.6) is 0 Å². The third-order valence-electron chi connectivity index (χ3n) is 3.85. The van der Waals surface area contributed by atoms with Gasteiger partial charge in [0.25, 0.3) is 0 Å². The van der Waals surface area contributed by atoms with Gasteiger partial charge < -0.3 is 10.1 Å². The number of hydrogen-bond acceptors (Lipinski definition) is 5. The summed E-state index contributed by atoms with van der Waals surface area (Å²) in [5.41, 5.74) is -0.0129. The molecular formula is C18H30N2O5. The van der Waals surface area contributed by atoms with Crippen LogP contribution in [0, 0.1) is 11.3 Å². The maximum Gasteiger partial charge on any atom is 0.232 e. The number of amides is 3. The summed E-state index contributed by atoms with van der Waals surface area (Å²) in [6.07, 6.45) is 1.22. The van der Waals surface area contributed by atoms with Gasteiger partial charge in [0.1, 0.15) is 5.78 Å². The number of carbonyl (C=O) groups is 4. The van der Waals surface area contributed by atoms with Crippen LogP contribution in [-0.4, -0.2) is 54.7 Å². The fourth-order valence-electron chi connectivity index (χ4n) is 2.62. The van der Waals surface area contributed by atoms with Crippen molar-refractivity contribution in [1.29, 1.82) is 0 Å². The lowest BCUT2D eigenvalue weighted by Crippen LogP contribution is -2.35. The van der Waals surface area contributed by atoms with Crippen LogP contribution in [0.3, 0.4) is 0 Å². The number of rotatable bonds is 10. The Morgan fingerprint density at radius 3 is 2.44 bits per heavy atom. The summed E-state index contributed by atoms with van der Waals surface area (Å²) in [4.78, 5) is 47.9. The topological polar surface area (TPSA) is 92.8 Å². The van der Waals surface area contributed by atoms with E-state index in [0.717, 1.165) is 4.90 Å². The maximum atomic E-state index is 11.7. The van der Waals surface area contributed by atoms with Gasteiger partial charge in [0.05, 0.1) is 13.2 Å². The van der Waals surface area contributed by atoms with E-state index in [1.54, 1.807) is 6.92 Å². The molecule has 0 radical (unpaired) electrons. The van der Waals surface area contributed by atoms with Gasteiger partial charge >= 0.3 is 0 Å². The van der Waals surface area contributed by atoms with Gasteiger partial charge in [0, 0.05) is 44.7 Å². The van der Waals surface area contributed by atoms with Crippen molar-refractivity contribution in [3.8, 4) is 0 Å². The quantitative estimate of drug-likeness (QED) is 0.471. The zero-order valence-corrected chi connectivity index (χ0v) is 15.7. The first-order valence-corrected chi connectivity index (χ1v) is 8.80. The molecule has 1 atom stereocenters. The van der Waals surface area contributed by atoms with E-state index >= 15 is 0 Å². The van der Waals surface area contributed by atoms with Crippen LogP contribution in [0.2, 0.25) is 0 Å². The molecule has 0 aromatic carbocycles. The number of nitrogens with zero attached hydrogens (tertiary/aromatic N) is 1. The molecule has 1 unspecified atom stereocenters. The van der Waals surface area contributed by atoms with Crippen molar-refractivity contribution in [2.24, 2.45) is 11.3 Å². The van der Waals surface area contributed by atoms with E-state index in [-0.39, 0.29) is 54.2 Å². The molecule has 0 aliphatic carbocycles. The minimum absolute atomic E-state index is 0.0129. The van der Waals surface area contributed by atoms with Gasteiger partial charge in [-0.25, -0.2) is 0 Å². The Morgan fingerprint density at radius 1 is 1.20 bits per heavy atom. The molecule has 7 heteroatoms. The number of likely N-dealkylation sites (tertiary alicyclic amines) is 1. The van der Waals surface area contributed by atoms with Crippen LogP contribution in [0.25, 0.3) is 0 Å². The maximum absolute atomic E-state index is 11.7. The Morgan fingerprint density at radius 2 is 1.88 bits per heavy atom. The number of imide groups is 1. The van der Waals surface area contributed by atoms with Gasteiger partial charge in [-0.05, 0) is 5.41 Å². The smallest absolute Gasteiger partial charge is 0.232 e. The highest BCUT2D eigenvalue weighted by Crippen LogP contribution is 2.19. The first kappa shape index (κ1) is 21.3. The van der Waals surface area contributed by atoms with Gasteiger partial charge in [0.15, 0.2) is 0 Å². The van der Waals surface area contributed by atoms with Crippen molar-refractivity contribution in [2.45, 2.75) is 53.4 Å². The molecule has 1 aliphatic heterocycles. The summed E-state index contributed by atoms with van der Waals surface area (Å²) in [5, 5.41) is 2.68. The van der Waals surface area contributed by atoms with Crippen molar-refractivity contribution < 1.29 is 23.9 Å². The molecule has 25 heavy (non-hydrogen) atoms. The highest BCUT2D eigenvalue weighted by molar-refractivity contribution is 6.03. The average molecular weight is 354 g/mol. The summed E-state index contributed by atoms with van der Waals surface area (Å²) in [7, 11) is 0. The first-order valence-electron chi connectivity index (χ1n) is 8.80. The average Bonchev–Trinajstić information content (AvgIpc) is 2.72. The fraction of sp³-hybridized carbons (Fsp3) is 0.778. The second-order valence-electron chi connectivity index (χ2n) is 7.73. The SMILES string of the molecule is CC1CC(=O)N(CCC(=O)NCCOCCC(=O)CC(C)(C)C)C1=O. The molecule has 0 aromatic heterocycles. The molecule has 1 N–H and O–H groups in total. The Hall–Kier alpha value is -1.76. The molecule has 0 spiro atoms. The summed E-state index contributed by atoms with van der Waals surface area (Å²) in [5.74, 6) is -0.766. The van der Waals surface area contributed by atoms with E-state index in [0.29, 0.717) is 32.6 Å². The number of ketones is 1. The number of hydrogen-bond donors (Lipinski definition) is 1. The molecule has 0 saturated carbocycles. The van der Waals surface area contributed by atoms with E-state index in [4.69, 9.17) is 4.74 Å². The van der Waals surface area contributed by atoms with Gasteiger partial charge in [-0.15, -0.1) is 0 Å². The number of Topliss-reactive ketones (excluding diaryl/α,β-unsaturated/α-hetero) is 1. The highest BCUT2D eigenvalue weighted by atomic mass is 16.5. The molecule has 3 amide bonds. The molecule has 142 valence electrons. The molecule has 1 saturated heterocycles. The Balaban J connectivity index is 2.07. The lowest BCUT2D eigenvalue weighted by atomic mass is 9.89. The second kappa shape index (κ2) is 9.65. The Labute approximate surface area is 149 Å². The summed E-state index contributed by atoms with van der Waals surface area (Å²) in [6, 6.07) is 0. The van der Waals surface area contributed by atoms with Gasteiger partial charge in [-0.3, -0.25) is 24.1 Å². The van der Waals surface area contributed by atoms with Crippen LogP contribution in [0.15, 0.2) is 0 Å². The number of carbonyl (C=O) groups excluding carboxylic acids is 4. The van der Waals surface area contributed by atoms with E-state index in [9.17, 15) is 19.2 Å². The van der Waals surface area contributed by atoms with Crippen LogP contribution in [0.1, 0.15) is 53.4 Å². The largest absolute Gasteiger partial charge is 0.379 e. The minimum Gasteiger partial charge on any atom is -0.379 e. The monoisotopic (exact) mass is 354 g/mol. The Bertz CT molecular complexity index is 510. The third-order valence-corrected chi connectivity index (χ3v) is 3.85. The Kier molecular flexibility index (Phi) is 8.22. The van der Waals surface area contributed by atoms with E-state index in [2.05, 4.69) is 5.32 Å². The molecule has 0 bridgehead atoms. The normalized spacial score (nSPS) is 17.9. The fourth-order valence-corrected chi connectivity index (χ4v) is 2.62. The first-order chi connectivity index (χ1) is 11.6. The molecule has 0 aromatic rings. The summed E-state index contributed by atoms with van der Waals surface area (Å²) >= 11 is 0. The summed E-state index contributed by atoms with van der Waals surface area (Å²) in [6.45, 7) is 8.90.